The Bertz CT molecular complexity index is 1050. The van der Waals surface area contributed by atoms with E-state index in [1.54, 1.807) is 43.3 Å². The van der Waals surface area contributed by atoms with Gasteiger partial charge in [0.1, 0.15) is 11.6 Å². The number of anilines is 4. The van der Waals surface area contributed by atoms with Gasteiger partial charge in [0.15, 0.2) is 0 Å². The van der Waals surface area contributed by atoms with Crippen molar-refractivity contribution < 1.29 is 9.50 Å². The molecule has 29 heavy (non-hydrogen) atoms. The molecule has 0 saturated carbocycles. The molecule has 3 N–H and O–H groups in total. The number of aromatic hydroxyl groups is 1. The van der Waals surface area contributed by atoms with Crippen LogP contribution in [0, 0.1) is 5.82 Å². The van der Waals surface area contributed by atoms with Crippen LogP contribution in [0.1, 0.15) is 5.56 Å². The molecule has 3 rings (SSSR count). The lowest BCUT2D eigenvalue weighted by molar-refractivity contribution is 0.471. The minimum atomic E-state index is -0.334. The van der Waals surface area contributed by atoms with E-state index in [0.717, 1.165) is 4.47 Å². The van der Waals surface area contributed by atoms with Crippen LogP contribution in [-0.2, 0) is 0 Å². The summed E-state index contributed by atoms with van der Waals surface area (Å²) in [6.07, 6.45) is 1.44. The van der Waals surface area contributed by atoms with Gasteiger partial charge in [-0.3, -0.25) is 0 Å². The molecule has 0 atom stereocenters. The molecular weight excluding hydrogens is 509 g/mol. The molecule has 8 nitrogen and oxygen atoms in total. The molecule has 0 aliphatic carbocycles. The Morgan fingerprint density at radius 2 is 1.76 bits per heavy atom. The van der Waals surface area contributed by atoms with Gasteiger partial charge in [-0.25, -0.2) is 9.82 Å². The maximum absolute atomic E-state index is 13.1. The molecule has 0 unspecified atom stereocenters. The first-order chi connectivity index (χ1) is 13.8. The Balaban J connectivity index is 1.83. The molecule has 11 heteroatoms. The average molecular weight is 525 g/mol. The van der Waals surface area contributed by atoms with Crippen molar-refractivity contribution in [3.8, 4) is 5.75 Å². The molecule has 0 aliphatic heterocycles. The highest BCUT2D eigenvalue weighted by Crippen LogP contribution is 2.30. The molecule has 2 aromatic carbocycles. The van der Waals surface area contributed by atoms with Crippen LogP contribution in [0.4, 0.5) is 27.9 Å². The summed E-state index contributed by atoms with van der Waals surface area (Å²) < 4.78 is 14.4. The van der Waals surface area contributed by atoms with E-state index in [4.69, 9.17) is 0 Å². The summed E-state index contributed by atoms with van der Waals surface area (Å²) >= 11 is 6.63. The van der Waals surface area contributed by atoms with Crippen molar-refractivity contribution in [2.75, 3.05) is 29.7 Å². The van der Waals surface area contributed by atoms with Crippen LogP contribution in [-0.4, -0.2) is 40.4 Å². The van der Waals surface area contributed by atoms with Crippen molar-refractivity contribution >= 4 is 61.6 Å². The van der Waals surface area contributed by atoms with E-state index >= 15 is 0 Å². The van der Waals surface area contributed by atoms with Gasteiger partial charge in [-0.15, -0.1) is 0 Å². The molecule has 0 fully saturated rings. The number of phenols is 1. The lowest BCUT2D eigenvalue weighted by Gasteiger charge is -2.13. The van der Waals surface area contributed by atoms with Gasteiger partial charge < -0.3 is 15.3 Å². The third kappa shape index (κ3) is 5.61. The van der Waals surface area contributed by atoms with Crippen molar-refractivity contribution in [1.82, 2.24) is 15.0 Å². The van der Waals surface area contributed by atoms with Gasteiger partial charge in [-0.05, 0) is 52.3 Å². The highest BCUT2D eigenvalue weighted by molar-refractivity contribution is 9.11. The molecule has 0 spiro atoms. The van der Waals surface area contributed by atoms with Gasteiger partial charge >= 0.3 is 0 Å². The SMILES string of the molecule is CN(C)c1nc(N/N=C\c2cc(Br)cc(Br)c2O)nc(Nc2ccc(F)cc2)n1. The molecule has 0 bridgehead atoms. The first-order valence-electron chi connectivity index (χ1n) is 8.25. The first kappa shape index (κ1) is 20.9. The standard InChI is InChI=1S/C18H16Br2FN7O/c1-28(2)18-25-16(23-13-5-3-12(21)4-6-13)24-17(26-18)27-22-9-10-7-11(19)8-14(20)15(10)29/h3-9,29H,1-2H3,(H2,23,24,25,26,27)/b22-9-. The van der Waals surface area contributed by atoms with Gasteiger partial charge in [-0.2, -0.15) is 20.1 Å². The van der Waals surface area contributed by atoms with E-state index < -0.39 is 0 Å². The predicted molar refractivity (Wildman–Crippen MR) is 119 cm³/mol. The zero-order chi connectivity index (χ0) is 21.0. The molecule has 0 saturated heterocycles. The summed E-state index contributed by atoms with van der Waals surface area (Å²) in [5, 5.41) is 17.2. The number of hydrogen-bond donors (Lipinski definition) is 3. The second-order valence-electron chi connectivity index (χ2n) is 6.00. The number of hydrazone groups is 1. The van der Waals surface area contributed by atoms with Crippen LogP contribution in [0.5, 0.6) is 5.75 Å². The average Bonchev–Trinajstić information content (AvgIpc) is 2.67. The molecular formula is C18H16Br2FN7O. The number of nitrogens with one attached hydrogen (secondary N) is 2. The minimum absolute atomic E-state index is 0.0574. The summed E-state index contributed by atoms with van der Waals surface area (Å²) in [4.78, 5) is 14.6. The maximum Gasteiger partial charge on any atom is 0.250 e. The highest BCUT2D eigenvalue weighted by atomic mass is 79.9. The Kier molecular flexibility index (Phi) is 6.60. The first-order valence-corrected chi connectivity index (χ1v) is 9.83. The predicted octanol–water partition coefficient (Wildman–Crippen LogP) is 4.50. The van der Waals surface area contributed by atoms with Crippen molar-refractivity contribution in [2.45, 2.75) is 0 Å². The van der Waals surface area contributed by atoms with Crippen LogP contribution >= 0.6 is 31.9 Å². The van der Waals surface area contributed by atoms with Crippen LogP contribution in [0.2, 0.25) is 0 Å². The van der Waals surface area contributed by atoms with Crippen LogP contribution < -0.4 is 15.6 Å². The van der Waals surface area contributed by atoms with Crippen LogP contribution in [0.3, 0.4) is 0 Å². The van der Waals surface area contributed by atoms with Crippen molar-refractivity contribution in [3.05, 3.63) is 56.7 Å². The number of halogens is 3. The Labute approximate surface area is 183 Å². The van der Waals surface area contributed by atoms with E-state index in [1.165, 1.54) is 18.3 Å². The van der Waals surface area contributed by atoms with Gasteiger partial charge in [0, 0.05) is 29.8 Å². The lowest BCUT2D eigenvalue weighted by atomic mass is 10.2. The molecule has 1 heterocycles. The van der Waals surface area contributed by atoms with E-state index in [2.05, 4.69) is 62.7 Å². The molecule has 0 amide bonds. The zero-order valence-corrected chi connectivity index (χ0v) is 18.5. The topological polar surface area (TPSA) is 98.6 Å². The smallest absolute Gasteiger partial charge is 0.250 e. The summed E-state index contributed by atoms with van der Waals surface area (Å²) in [5.74, 6) is 0.580. The number of phenolic OH excluding ortho intramolecular Hbond substituents is 1. The van der Waals surface area contributed by atoms with Crippen molar-refractivity contribution in [1.29, 1.82) is 0 Å². The van der Waals surface area contributed by atoms with Crippen LogP contribution in [0.15, 0.2) is 50.4 Å². The monoisotopic (exact) mass is 523 g/mol. The number of rotatable bonds is 6. The fourth-order valence-corrected chi connectivity index (χ4v) is 3.44. The Morgan fingerprint density at radius 1 is 1.07 bits per heavy atom. The summed E-state index contributed by atoms with van der Waals surface area (Å²) in [6, 6.07) is 9.26. The van der Waals surface area contributed by atoms with Gasteiger partial charge in [0.05, 0.1) is 10.7 Å². The van der Waals surface area contributed by atoms with E-state index in [1.807, 2.05) is 0 Å². The summed E-state index contributed by atoms with van der Waals surface area (Å²) in [5.41, 5.74) is 3.85. The van der Waals surface area contributed by atoms with E-state index in [9.17, 15) is 9.50 Å². The molecule has 0 aliphatic rings. The number of benzene rings is 2. The molecule has 150 valence electrons. The summed E-state index contributed by atoms with van der Waals surface area (Å²) in [6.45, 7) is 0. The number of nitrogens with zero attached hydrogens (tertiary/aromatic N) is 5. The van der Waals surface area contributed by atoms with Crippen LogP contribution in [0.25, 0.3) is 0 Å². The van der Waals surface area contributed by atoms with Gasteiger partial charge in [-0.1, -0.05) is 15.9 Å². The van der Waals surface area contributed by atoms with Gasteiger partial charge in [0.2, 0.25) is 17.8 Å². The van der Waals surface area contributed by atoms with Crippen molar-refractivity contribution in [2.24, 2.45) is 5.10 Å². The summed E-state index contributed by atoms with van der Waals surface area (Å²) in [7, 11) is 3.59. The second-order valence-corrected chi connectivity index (χ2v) is 7.77. The fourth-order valence-electron chi connectivity index (χ4n) is 2.18. The normalized spacial score (nSPS) is 10.9. The second kappa shape index (κ2) is 9.14. The largest absolute Gasteiger partial charge is 0.506 e. The number of hydrogen-bond acceptors (Lipinski definition) is 8. The van der Waals surface area contributed by atoms with E-state index in [0.29, 0.717) is 21.7 Å². The Hall–Kier alpha value is -2.79. The lowest BCUT2D eigenvalue weighted by Crippen LogP contribution is -2.15. The third-order valence-electron chi connectivity index (χ3n) is 3.55. The maximum atomic E-state index is 13.1. The highest BCUT2D eigenvalue weighted by Gasteiger charge is 2.09. The van der Waals surface area contributed by atoms with E-state index in [-0.39, 0.29) is 23.5 Å². The fraction of sp³-hybridized carbons (Fsp3) is 0.111. The third-order valence-corrected chi connectivity index (χ3v) is 4.61. The molecule has 3 aromatic rings. The van der Waals surface area contributed by atoms with Crippen molar-refractivity contribution in [3.63, 3.8) is 0 Å². The Morgan fingerprint density at radius 3 is 2.45 bits per heavy atom. The number of aromatic nitrogens is 3. The molecule has 1 aromatic heterocycles. The van der Waals surface area contributed by atoms with Gasteiger partial charge in [0.25, 0.3) is 0 Å². The molecule has 0 radical (unpaired) electrons. The minimum Gasteiger partial charge on any atom is -0.506 e. The zero-order valence-electron chi connectivity index (χ0n) is 15.4. The quantitative estimate of drug-likeness (QED) is 0.322.